The SMILES string of the molecule is Cc1cc(O[NH+]([O-])OC(C)(C)C)c(C(C)(C)C)cc1CC(C(=O)OI)C(=O)OI. The van der Waals surface area contributed by atoms with Crippen molar-refractivity contribution in [3.63, 3.8) is 0 Å². The minimum Gasteiger partial charge on any atom is -0.556 e. The Labute approximate surface area is 199 Å². The second kappa shape index (κ2) is 10.6. The van der Waals surface area contributed by atoms with Crippen LogP contribution in [0.25, 0.3) is 0 Å². The maximum absolute atomic E-state index is 12.2. The average molecular weight is 635 g/mol. The van der Waals surface area contributed by atoms with Gasteiger partial charge in [0.05, 0.1) is 0 Å². The van der Waals surface area contributed by atoms with Crippen LogP contribution in [0.2, 0.25) is 0 Å². The lowest BCUT2D eigenvalue weighted by molar-refractivity contribution is -1.19. The molecule has 0 amide bonds. The van der Waals surface area contributed by atoms with Crippen molar-refractivity contribution in [2.45, 2.75) is 65.9 Å². The summed E-state index contributed by atoms with van der Waals surface area (Å²) in [5.74, 6) is -2.08. The molecule has 0 aromatic heterocycles. The highest BCUT2D eigenvalue weighted by atomic mass is 127. The largest absolute Gasteiger partial charge is 0.556 e. The van der Waals surface area contributed by atoms with E-state index in [-0.39, 0.29) is 11.8 Å². The standard InChI is InChI=1S/C19H27I2NO7/c1-11-8-15(28-22(25)29-19(5,6)7)14(18(2,3)4)10-12(11)9-13(16(23)26-20)17(24)27-21/h8,10,13,22H,9H2,1-7H3. The van der Waals surface area contributed by atoms with Crippen molar-refractivity contribution in [2.75, 3.05) is 0 Å². The Bertz CT molecular complexity index is 725. The first kappa shape index (κ1) is 26.3. The number of carbonyl (C=O) groups is 2. The highest BCUT2D eigenvalue weighted by Gasteiger charge is 2.32. The summed E-state index contributed by atoms with van der Waals surface area (Å²) in [5.41, 5.74) is 1.20. The van der Waals surface area contributed by atoms with E-state index in [0.717, 1.165) is 16.7 Å². The van der Waals surface area contributed by atoms with E-state index in [4.69, 9.17) is 15.8 Å². The van der Waals surface area contributed by atoms with Crippen LogP contribution in [-0.4, -0.2) is 17.5 Å². The summed E-state index contributed by atoms with van der Waals surface area (Å²) in [7, 11) is 0. The van der Waals surface area contributed by atoms with Gasteiger partial charge >= 0.3 is 11.9 Å². The van der Waals surface area contributed by atoms with Crippen molar-refractivity contribution in [2.24, 2.45) is 5.92 Å². The molecule has 1 N–H and O–H groups in total. The zero-order valence-electron chi connectivity index (χ0n) is 17.6. The van der Waals surface area contributed by atoms with E-state index in [9.17, 15) is 14.8 Å². The summed E-state index contributed by atoms with van der Waals surface area (Å²) >= 11 is 2.89. The second-order valence-corrected chi connectivity index (χ2v) is 9.52. The molecule has 0 saturated carbocycles. The van der Waals surface area contributed by atoms with Gasteiger partial charge in [0, 0.05) is 5.56 Å². The van der Waals surface area contributed by atoms with Crippen LogP contribution in [0, 0.1) is 18.0 Å². The van der Waals surface area contributed by atoms with Crippen LogP contribution in [0.3, 0.4) is 0 Å². The van der Waals surface area contributed by atoms with Crippen molar-refractivity contribution < 1.29 is 30.8 Å². The molecule has 0 bridgehead atoms. The van der Waals surface area contributed by atoms with Crippen molar-refractivity contribution in [3.8, 4) is 5.75 Å². The number of benzene rings is 1. The summed E-state index contributed by atoms with van der Waals surface area (Å²) in [6, 6.07) is 3.55. The van der Waals surface area contributed by atoms with Gasteiger partial charge in [-0.1, -0.05) is 26.8 Å². The molecule has 0 radical (unpaired) electrons. The molecule has 0 fully saturated rings. The number of aryl methyl sites for hydroxylation is 1. The van der Waals surface area contributed by atoms with Gasteiger partial charge in [-0.2, -0.15) is 4.84 Å². The first-order chi connectivity index (χ1) is 13.2. The number of hydrogen-bond acceptors (Lipinski definition) is 7. The van der Waals surface area contributed by atoms with Gasteiger partial charge in [-0.05, 0) is 62.1 Å². The van der Waals surface area contributed by atoms with Crippen LogP contribution in [0.1, 0.15) is 58.2 Å². The molecule has 0 aliphatic carbocycles. The molecule has 0 aliphatic heterocycles. The van der Waals surface area contributed by atoms with Gasteiger partial charge < -0.3 is 11.3 Å². The minimum absolute atomic E-state index is 0.102. The van der Waals surface area contributed by atoms with Gasteiger partial charge in [0.15, 0.2) is 57.7 Å². The number of hydrogen-bond donors (Lipinski definition) is 1. The van der Waals surface area contributed by atoms with E-state index in [0.29, 0.717) is 5.75 Å². The monoisotopic (exact) mass is 635 g/mol. The van der Waals surface area contributed by atoms with Gasteiger partial charge in [0.2, 0.25) is 0 Å². The van der Waals surface area contributed by atoms with E-state index < -0.39 is 28.8 Å². The molecule has 10 heteroatoms. The lowest BCUT2D eigenvalue weighted by atomic mass is 9.83. The first-order valence-corrected chi connectivity index (χ1v) is 10.7. The first-order valence-electron chi connectivity index (χ1n) is 8.89. The molecule has 1 aromatic carbocycles. The predicted octanol–water partition coefficient (Wildman–Crippen LogP) is 3.64. The molecular weight excluding hydrogens is 608 g/mol. The summed E-state index contributed by atoms with van der Waals surface area (Å²) in [6.07, 6.45) is 0.102. The Hall–Kier alpha value is -0.700. The third-order valence-electron chi connectivity index (χ3n) is 3.97. The Kier molecular flexibility index (Phi) is 9.58. The molecule has 0 saturated heterocycles. The van der Waals surface area contributed by atoms with Gasteiger partial charge in [-0.25, -0.2) is 0 Å². The summed E-state index contributed by atoms with van der Waals surface area (Å²) in [4.78, 5) is 34.8. The fraction of sp³-hybridized carbons (Fsp3) is 0.579. The van der Waals surface area contributed by atoms with Crippen molar-refractivity contribution in [3.05, 3.63) is 34.0 Å². The van der Waals surface area contributed by atoms with Gasteiger partial charge in [-0.15, -0.1) is 0 Å². The van der Waals surface area contributed by atoms with E-state index in [1.54, 1.807) is 26.8 Å². The molecule has 0 spiro atoms. The molecule has 1 rings (SSSR count). The normalized spacial score (nSPS) is 13.2. The molecular formula is C19H27I2NO7. The topological polar surface area (TPSA) is 98.6 Å². The van der Waals surface area contributed by atoms with Gasteiger partial charge in [0.25, 0.3) is 0 Å². The Morgan fingerprint density at radius 2 is 1.59 bits per heavy atom. The summed E-state index contributed by atoms with van der Waals surface area (Å²) in [5, 5.41) is 11.4. The minimum atomic E-state index is -1.09. The van der Waals surface area contributed by atoms with Crippen LogP contribution in [0.5, 0.6) is 5.75 Å². The Morgan fingerprint density at radius 3 is 2.00 bits per heavy atom. The highest BCUT2D eigenvalue weighted by Crippen LogP contribution is 2.34. The quantitative estimate of drug-likeness (QED) is 0.278. The van der Waals surface area contributed by atoms with Crippen molar-refractivity contribution in [1.29, 1.82) is 0 Å². The van der Waals surface area contributed by atoms with Crippen LogP contribution >= 0.6 is 46.0 Å². The third-order valence-corrected chi connectivity index (χ3v) is 4.84. The number of quaternary nitrogens is 1. The van der Waals surface area contributed by atoms with Crippen molar-refractivity contribution in [1.82, 2.24) is 0 Å². The van der Waals surface area contributed by atoms with E-state index in [1.165, 1.54) is 46.0 Å². The maximum Gasteiger partial charge on any atom is 0.330 e. The van der Waals surface area contributed by atoms with Crippen LogP contribution in [0.4, 0.5) is 0 Å². The molecule has 164 valence electrons. The number of nitrogens with one attached hydrogen (secondary N) is 1. The lowest BCUT2D eigenvalue weighted by Crippen LogP contribution is -3.09. The van der Waals surface area contributed by atoms with Gasteiger partial charge in [0.1, 0.15) is 5.60 Å². The lowest BCUT2D eigenvalue weighted by Gasteiger charge is -2.29. The number of carbonyl (C=O) groups excluding carboxylic acids is 2. The Morgan fingerprint density at radius 1 is 1.07 bits per heavy atom. The number of halogens is 2. The molecule has 0 heterocycles. The van der Waals surface area contributed by atoms with Crippen LogP contribution in [0.15, 0.2) is 12.1 Å². The molecule has 1 atom stereocenters. The molecule has 1 unspecified atom stereocenters. The van der Waals surface area contributed by atoms with E-state index in [1.807, 2.05) is 33.8 Å². The molecule has 0 aliphatic rings. The maximum atomic E-state index is 12.2. The molecule has 8 nitrogen and oxygen atoms in total. The zero-order valence-corrected chi connectivity index (χ0v) is 21.9. The third kappa shape index (κ3) is 8.15. The predicted molar refractivity (Wildman–Crippen MR) is 123 cm³/mol. The Balaban J connectivity index is 3.33. The highest BCUT2D eigenvalue weighted by molar-refractivity contribution is 14.1. The average Bonchev–Trinajstić information content (AvgIpc) is 2.56. The van der Waals surface area contributed by atoms with E-state index >= 15 is 0 Å². The summed E-state index contributed by atoms with van der Waals surface area (Å²) in [6.45, 7) is 13.0. The zero-order chi connectivity index (χ0) is 22.6. The van der Waals surface area contributed by atoms with Crippen LogP contribution in [-0.2, 0) is 32.4 Å². The van der Waals surface area contributed by atoms with Crippen LogP contribution < -0.4 is 10.2 Å². The second-order valence-electron chi connectivity index (χ2n) is 8.64. The molecule has 29 heavy (non-hydrogen) atoms. The van der Waals surface area contributed by atoms with Crippen molar-refractivity contribution >= 4 is 58.0 Å². The van der Waals surface area contributed by atoms with E-state index in [2.05, 4.69) is 0 Å². The fourth-order valence-corrected chi connectivity index (χ4v) is 3.18. The number of rotatable bonds is 7. The molecule has 1 aromatic rings. The smallest absolute Gasteiger partial charge is 0.330 e. The fourth-order valence-electron chi connectivity index (χ4n) is 2.57. The summed E-state index contributed by atoms with van der Waals surface area (Å²) < 4.78 is 9.42. The van der Waals surface area contributed by atoms with Gasteiger partial charge in [-0.3, -0.25) is 14.4 Å².